The van der Waals surface area contributed by atoms with Crippen LogP contribution in [0.25, 0.3) is 17.3 Å². The van der Waals surface area contributed by atoms with E-state index in [1.54, 1.807) is 29.8 Å². The highest BCUT2D eigenvalue weighted by atomic mass is 32.2. The van der Waals surface area contributed by atoms with Gasteiger partial charge in [-0.05, 0) is 86.5 Å². The Hall–Kier alpha value is -3.50. The minimum absolute atomic E-state index is 0.0740. The van der Waals surface area contributed by atoms with E-state index in [4.69, 9.17) is 17.0 Å². The van der Waals surface area contributed by atoms with Crippen LogP contribution in [0.15, 0.2) is 65.6 Å². The molecule has 0 saturated heterocycles. The maximum Gasteiger partial charge on any atom is 0.358 e. The Labute approximate surface area is 229 Å². The summed E-state index contributed by atoms with van der Waals surface area (Å²) in [5, 5.41) is 7.70. The van der Waals surface area contributed by atoms with Crippen LogP contribution in [0.2, 0.25) is 0 Å². The molecule has 1 fully saturated rings. The molecule has 1 aliphatic carbocycles. The number of nitrogens with one attached hydrogen (secondary N) is 2. The number of sulfonamides is 1. The Morgan fingerprint density at radius 1 is 1.11 bits per heavy atom. The molecule has 4 rings (SSSR count). The Morgan fingerprint density at radius 2 is 1.79 bits per heavy atom. The third-order valence-corrected chi connectivity index (χ3v) is 8.05. The molecule has 1 aromatic heterocycles. The lowest BCUT2D eigenvalue weighted by Crippen LogP contribution is -2.44. The molecule has 0 unspecified atom stereocenters. The molecule has 200 valence electrons. The third kappa shape index (κ3) is 6.87. The number of hydrogen-bond donors (Lipinski definition) is 2. The second-order valence-electron chi connectivity index (χ2n) is 9.19. The number of thiocarbonyl (C=S) groups is 1. The van der Waals surface area contributed by atoms with Crippen molar-refractivity contribution in [2.24, 2.45) is 0 Å². The Balaban J connectivity index is 1.59. The van der Waals surface area contributed by atoms with E-state index in [0.717, 1.165) is 36.8 Å². The van der Waals surface area contributed by atoms with Crippen molar-refractivity contribution in [3.63, 3.8) is 0 Å². The number of aromatic nitrogens is 2. The normalized spacial score (nSPS) is 14.6. The molecule has 0 bridgehead atoms. The van der Waals surface area contributed by atoms with E-state index < -0.39 is 16.0 Å². The molecule has 3 aromatic rings. The van der Waals surface area contributed by atoms with E-state index in [1.807, 2.05) is 43.3 Å². The van der Waals surface area contributed by atoms with E-state index >= 15 is 0 Å². The molecule has 38 heavy (non-hydrogen) atoms. The number of nitrogens with zero attached hydrogens (tertiary/aromatic N) is 2. The molecule has 0 aliphatic heterocycles. The SMILES string of the molecule is CCOC(=O)c1cc(/C(C)=C/c2ccccc2)n(-c2ccc(S(=O)(=O)NC(=S)NC3CCCCC3)cc2)n1. The Morgan fingerprint density at radius 3 is 2.45 bits per heavy atom. The van der Waals surface area contributed by atoms with Crippen LogP contribution in [0.3, 0.4) is 0 Å². The van der Waals surface area contributed by atoms with Gasteiger partial charge in [0.05, 0.1) is 22.9 Å². The predicted octanol–water partition coefficient (Wildman–Crippen LogP) is 5.10. The number of carbonyl (C=O) groups excluding carboxylic acids is 1. The number of allylic oxidation sites excluding steroid dienone is 1. The fourth-order valence-electron chi connectivity index (χ4n) is 4.45. The number of ether oxygens (including phenoxy) is 1. The number of esters is 1. The zero-order chi connectivity index (χ0) is 27.1. The van der Waals surface area contributed by atoms with Crippen LogP contribution in [0, 0.1) is 0 Å². The zero-order valence-corrected chi connectivity index (χ0v) is 23.1. The molecule has 2 aromatic carbocycles. The van der Waals surface area contributed by atoms with Crippen LogP contribution in [0.5, 0.6) is 0 Å². The molecule has 0 atom stereocenters. The van der Waals surface area contributed by atoms with Crippen molar-refractivity contribution in [2.45, 2.75) is 56.9 Å². The monoisotopic (exact) mass is 552 g/mol. The van der Waals surface area contributed by atoms with Gasteiger partial charge in [-0.15, -0.1) is 0 Å². The molecule has 0 spiro atoms. The van der Waals surface area contributed by atoms with Crippen LogP contribution in [-0.4, -0.2) is 41.9 Å². The molecule has 10 heteroatoms. The third-order valence-electron chi connectivity index (χ3n) is 6.34. The van der Waals surface area contributed by atoms with Gasteiger partial charge < -0.3 is 10.1 Å². The maximum atomic E-state index is 12.9. The first kappa shape index (κ1) is 27.5. The van der Waals surface area contributed by atoms with E-state index in [0.29, 0.717) is 11.4 Å². The summed E-state index contributed by atoms with van der Waals surface area (Å²) in [7, 11) is -3.86. The average Bonchev–Trinajstić information content (AvgIpc) is 3.36. The quantitative estimate of drug-likeness (QED) is 0.296. The Kier molecular flexibility index (Phi) is 8.96. The summed E-state index contributed by atoms with van der Waals surface area (Å²) in [6.45, 7) is 3.90. The maximum absolute atomic E-state index is 12.9. The first-order valence-corrected chi connectivity index (χ1v) is 14.6. The fraction of sp³-hybridized carbons (Fsp3) is 0.321. The van der Waals surface area contributed by atoms with Gasteiger partial charge >= 0.3 is 5.97 Å². The topological polar surface area (TPSA) is 102 Å². The first-order chi connectivity index (χ1) is 18.3. The van der Waals surface area contributed by atoms with Gasteiger partial charge in [-0.1, -0.05) is 49.6 Å². The predicted molar refractivity (Wildman–Crippen MR) is 152 cm³/mol. The van der Waals surface area contributed by atoms with Crippen molar-refractivity contribution in [1.29, 1.82) is 0 Å². The summed E-state index contributed by atoms with van der Waals surface area (Å²) in [5.41, 5.74) is 3.32. The van der Waals surface area contributed by atoms with Gasteiger partial charge in [0.1, 0.15) is 0 Å². The molecule has 1 heterocycles. The number of carbonyl (C=O) groups is 1. The summed E-state index contributed by atoms with van der Waals surface area (Å²) in [6.07, 6.45) is 7.38. The summed E-state index contributed by atoms with van der Waals surface area (Å²) in [4.78, 5) is 12.5. The minimum Gasteiger partial charge on any atom is -0.461 e. The highest BCUT2D eigenvalue weighted by molar-refractivity contribution is 7.91. The first-order valence-electron chi connectivity index (χ1n) is 12.7. The van der Waals surface area contributed by atoms with Crippen LogP contribution in [-0.2, 0) is 14.8 Å². The minimum atomic E-state index is -3.86. The van der Waals surface area contributed by atoms with Crippen molar-refractivity contribution in [1.82, 2.24) is 19.8 Å². The van der Waals surface area contributed by atoms with Crippen LogP contribution < -0.4 is 10.0 Å². The summed E-state index contributed by atoms with van der Waals surface area (Å²) < 4.78 is 35.1. The summed E-state index contributed by atoms with van der Waals surface area (Å²) in [6, 6.07) is 18.0. The highest BCUT2D eigenvalue weighted by Gasteiger charge is 2.21. The van der Waals surface area contributed by atoms with Gasteiger partial charge in [0.2, 0.25) is 0 Å². The number of hydrogen-bond acceptors (Lipinski definition) is 6. The fourth-order valence-corrected chi connectivity index (χ4v) is 5.86. The molecule has 8 nitrogen and oxygen atoms in total. The molecule has 0 amide bonds. The second-order valence-corrected chi connectivity index (χ2v) is 11.3. The van der Waals surface area contributed by atoms with Crippen LogP contribution in [0.1, 0.15) is 67.7 Å². The van der Waals surface area contributed by atoms with E-state index in [2.05, 4.69) is 15.1 Å². The summed E-state index contributed by atoms with van der Waals surface area (Å²) in [5.74, 6) is -0.526. The van der Waals surface area contributed by atoms with E-state index in [-0.39, 0.29) is 28.4 Å². The molecular weight excluding hydrogens is 520 g/mol. The Bertz CT molecular complexity index is 1410. The molecular formula is C28H32N4O4S2. The second kappa shape index (κ2) is 12.4. The average molecular weight is 553 g/mol. The highest BCUT2D eigenvalue weighted by Crippen LogP contribution is 2.24. The van der Waals surface area contributed by atoms with Gasteiger partial charge in [0.15, 0.2) is 10.8 Å². The molecule has 0 radical (unpaired) electrons. The van der Waals surface area contributed by atoms with Gasteiger partial charge in [-0.2, -0.15) is 5.10 Å². The summed E-state index contributed by atoms with van der Waals surface area (Å²) >= 11 is 5.27. The molecule has 1 aliphatic rings. The lowest BCUT2D eigenvalue weighted by molar-refractivity contribution is 0.0519. The van der Waals surface area contributed by atoms with E-state index in [1.165, 1.54) is 18.6 Å². The standard InChI is InChI=1S/C28H32N4O4S2/c1-3-36-27(33)25-19-26(20(2)18-21-10-6-4-7-11-21)32(30-25)23-14-16-24(17-15-23)38(34,35)31-28(37)29-22-12-8-5-9-13-22/h4,6-7,10-11,14-19,22H,3,5,8-9,12-13H2,1-2H3,(H2,29,31,37)/b20-18+. The van der Waals surface area contributed by atoms with Gasteiger partial charge in [0, 0.05) is 6.04 Å². The van der Waals surface area contributed by atoms with Crippen LogP contribution >= 0.6 is 12.2 Å². The van der Waals surface area contributed by atoms with Crippen molar-refractivity contribution in [3.05, 3.63) is 77.6 Å². The van der Waals surface area contributed by atoms with Crippen molar-refractivity contribution in [2.75, 3.05) is 6.61 Å². The lowest BCUT2D eigenvalue weighted by Gasteiger charge is -2.24. The van der Waals surface area contributed by atoms with E-state index in [9.17, 15) is 13.2 Å². The smallest absolute Gasteiger partial charge is 0.358 e. The largest absolute Gasteiger partial charge is 0.461 e. The van der Waals surface area contributed by atoms with Crippen LogP contribution in [0.4, 0.5) is 0 Å². The van der Waals surface area contributed by atoms with Crippen molar-refractivity contribution < 1.29 is 17.9 Å². The molecule has 2 N–H and O–H groups in total. The van der Waals surface area contributed by atoms with Gasteiger partial charge in [-0.25, -0.2) is 17.9 Å². The number of rotatable bonds is 8. The lowest BCUT2D eigenvalue weighted by atomic mass is 9.96. The number of benzene rings is 2. The van der Waals surface area contributed by atoms with Gasteiger partial charge in [0.25, 0.3) is 10.0 Å². The molecule has 1 saturated carbocycles. The van der Waals surface area contributed by atoms with Gasteiger partial charge in [-0.3, -0.25) is 4.72 Å². The van der Waals surface area contributed by atoms with Crippen molar-refractivity contribution in [3.8, 4) is 5.69 Å². The zero-order valence-electron chi connectivity index (χ0n) is 21.5. The van der Waals surface area contributed by atoms with Crippen molar-refractivity contribution >= 4 is 45.0 Å².